The third-order valence-electron chi connectivity index (χ3n) is 1.82. The van der Waals surface area contributed by atoms with Gasteiger partial charge in [0.1, 0.15) is 5.69 Å². The quantitative estimate of drug-likeness (QED) is 0.828. The lowest BCUT2D eigenvalue weighted by Crippen LogP contribution is -2.03. The van der Waals surface area contributed by atoms with E-state index in [4.69, 9.17) is 15.7 Å². The van der Waals surface area contributed by atoms with Crippen molar-refractivity contribution in [3.8, 4) is 11.9 Å². The molecule has 6 heteroatoms. The van der Waals surface area contributed by atoms with Crippen molar-refractivity contribution in [1.82, 2.24) is 4.98 Å². The van der Waals surface area contributed by atoms with Crippen LogP contribution in [0, 0.1) is 11.3 Å². The van der Waals surface area contributed by atoms with E-state index in [1.165, 1.54) is 7.11 Å². The summed E-state index contributed by atoms with van der Waals surface area (Å²) in [5.41, 5.74) is 5.56. The number of nitriles is 1. The SMILES string of the molecule is COc1nc(C(F)F)cc(CC#N)c1N. The number of nitrogens with zero attached hydrogens (tertiary/aromatic N) is 2. The van der Waals surface area contributed by atoms with Crippen molar-refractivity contribution in [1.29, 1.82) is 5.26 Å². The van der Waals surface area contributed by atoms with Gasteiger partial charge in [-0.05, 0) is 11.6 Å². The summed E-state index contributed by atoms with van der Waals surface area (Å²) in [5.74, 6) is -0.0713. The molecule has 0 unspecified atom stereocenters. The molecule has 0 aliphatic rings. The van der Waals surface area contributed by atoms with Crippen LogP contribution in [0.4, 0.5) is 14.5 Å². The molecular weight excluding hydrogens is 204 g/mol. The van der Waals surface area contributed by atoms with E-state index in [1.807, 2.05) is 6.07 Å². The van der Waals surface area contributed by atoms with Crippen molar-refractivity contribution >= 4 is 5.69 Å². The normalized spacial score (nSPS) is 10.1. The topological polar surface area (TPSA) is 71.9 Å². The fourth-order valence-electron chi connectivity index (χ4n) is 1.10. The molecule has 0 aliphatic carbocycles. The molecule has 0 aliphatic heterocycles. The van der Waals surface area contributed by atoms with Crippen LogP contribution in [0.5, 0.6) is 5.88 Å². The molecule has 0 amide bonds. The van der Waals surface area contributed by atoms with Gasteiger partial charge in [-0.2, -0.15) is 5.26 Å². The first-order valence-corrected chi connectivity index (χ1v) is 4.08. The number of aromatic nitrogens is 1. The zero-order valence-corrected chi connectivity index (χ0v) is 8.00. The molecule has 15 heavy (non-hydrogen) atoms. The number of halogens is 2. The maximum absolute atomic E-state index is 12.4. The van der Waals surface area contributed by atoms with E-state index in [0.29, 0.717) is 5.56 Å². The monoisotopic (exact) mass is 213 g/mol. The first-order chi connectivity index (χ1) is 7.10. The molecule has 0 radical (unpaired) electrons. The molecule has 80 valence electrons. The van der Waals surface area contributed by atoms with Gasteiger partial charge in [0.25, 0.3) is 6.43 Å². The number of methoxy groups -OCH3 is 1. The van der Waals surface area contributed by atoms with Gasteiger partial charge < -0.3 is 10.5 Å². The maximum Gasteiger partial charge on any atom is 0.280 e. The van der Waals surface area contributed by atoms with Crippen molar-refractivity contribution < 1.29 is 13.5 Å². The Kier molecular flexibility index (Phi) is 3.39. The summed E-state index contributed by atoms with van der Waals surface area (Å²) in [5, 5.41) is 8.48. The Morgan fingerprint density at radius 1 is 1.67 bits per heavy atom. The summed E-state index contributed by atoms with van der Waals surface area (Å²) < 4.78 is 29.5. The van der Waals surface area contributed by atoms with Gasteiger partial charge in [0.2, 0.25) is 5.88 Å². The minimum absolute atomic E-state index is 0.0512. The summed E-state index contributed by atoms with van der Waals surface area (Å²) in [7, 11) is 1.28. The van der Waals surface area contributed by atoms with Crippen LogP contribution < -0.4 is 10.5 Å². The molecule has 0 fully saturated rings. The van der Waals surface area contributed by atoms with Crippen LogP contribution in [0.3, 0.4) is 0 Å². The van der Waals surface area contributed by atoms with Crippen molar-refractivity contribution in [2.75, 3.05) is 12.8 Å². The Morgan fingerprint density at radius 3 is 2.80 bits per heavy atom. The summed E-state index contributed by atoms with van der Waals surface area (Å²) in [4.78, 5) is 3.53. The van der Waals surface area contributed by atoms with E-state index in [9.17, 15) is 8.78 Å². The van der Waals surface area contributed by atoms with Gasteiger partial charge in [-0.1, -0.05) is 0 Å². The number of nitrogens with two attached hydrogens (primary N) is 1. The van der Waals surface area contributed by atoms with Gasteiger partial charge in [-0.3, -0.25) is 0 Å². The lowest BCUT2D eigenvalue weighted by Gasteiger charge is -2.09. The fourth-order valence-corrected chi connectivity index (χ4v) is 1.10. The van der Waals surface area contributed by atoms with E-state index in [0.717, 1.165) is 6.07 Å². The second-order valence-electron chi connectivity index (χ2n) is 2.76. The van der Waals surface area contributed by atoms with Gasteiger partial charge in [0.15, 0.2) is 0 Å². The largest absolute Gasteiger partial charge is 0.480 e. The first-order valence-electron chi connectivity index (χ1n) is 4.08. The number of hydrogen-bond donors (Lipinski definition) is 1. The minimum atomic E-state index is -2.71. The molecule has 1 heterocycles. The number of rotatable bonds is 3. The zero-order valence-electron chi connectivity index (χ0n) is 8.00. The third kappa shape index (κ3) is 2.31. The van der Waals surface area contributed by atoms with Crippen LogP contribution in [0.1, 0.15) is 17.7 Å². The molecule has 0 aromatic carbocycles. The van der Waals surface area contributed by atoms with Crippen molar-refractivity contribution in [2.24, 2.45) is 0 Å². The van der Waals surface area contributed by atoms with E-state index in [-0.39, 0.29) is 18.0 Å². The Labute approximate surface area is 85.3 Å². The number of nitrogen functional groups attached to an aromatic ring is 1. The molecule has 0 saturated heterocycles. The lowest BCUT2D eigenvalue weighted by atomic mass is 10.1. The van der Waals surface area contributed by atoms with E-state index >= 15 is 0 Å². The zero-order chi connectivity index (χ0) is 11.4. The molecule has 4 nitrogen and oxygen atoms in total. The Hall–Kier alpha value is -1.90. The summed E-state index contributed by atoms with van der Waals surface area (Å²) >= 11 is 0. The van der Waals surface area contributed by atoms with E-state index < -0.39 is 12.1 Å². The highest BCUT2D eigenvalue weighted by molar-refractivity contribution is 5.56. The van der Waals surface area contributed by atoms with Gasteiger partial charge in [0.05, 0.1) is 25.3 Å². The van der Waals surface area contributed by atoms with Gasteiger partial charge in [-0.25, -0.2) is 13.8 Å². The molecule has 1 aromatic heterocycles. The van der Waals surface area contributed by atoms with Crippen LogP contribution >= 0.6 is 0 Å². The molecular formula is C9H9F2N3O. The Morgan fingerprint density at radius 2 is 2.33 bits per heavy atom. The highest BCUT2D eigenvalue weighted by Gasteiger charge is 2.16. The smallest absolute Gasteiger partial charge is 0.280 e. The molecule has 1 aromatic rings. The van der Waals surface area contributed by atoms with Crippen molar-refractivity contribution in [3.05, 3.63) is 17.3 Å². The fraction of sp³-hybridized carbons (Fsp3) is 0.333. The third-order valence-corrected chi connectivity index (χ3v) is 1.82. The highest BCUT2D eigenvalue weighted by Crippen LogP contribution is 2.28. The molecule has 2 N–H and O–H groups in total. The van der Waals surface area contributed by atoms with E-state index in [2.05, 4.69) is 4.98 Å². The van der Waals surface area contributed by atoms with Crippen LogP contribution in [0.2, 0.25) is 0 Å². The second-order valence-corrected chi connectivity index (χ2v) is 2.76. The predicted octanol–water partition coefficient (Wildman–Crippen LogP) is 1.68. The van der Waals surface area contributed by atoms with Crippen molar-refractivity contribution in [2.45, 2.75) is 12.8 Å². The number of hydrogen-bond acceptors (Lipinski definition) is 4. The van der Waals surface area contributed by atoms with Crippen LogP contribution in [-0.4, -0.2) is 12.1 Å². The van der Waals surface area contributed by atoms with Crippen molar-refractivity contribution in [3.63, 3.8) is 0 Å². The maximum atomic E-state index is 12.4. The molecule has 0 bridgehead atoms. The van der Waals surface area contributed by atoms with Gasteiger partial charge >= 0.3 is 0 Å². The number of alkyl halides is 2. The predicted molar refractivity (Wildman–Crippen MR) is 49.5 cm³/mol. The number of anilines is 1. The van der Waals surface area contributed by atoms with E-state index in [1.54, 1.807) is 0 Å². The lowest BCUT2D eigenvalue weighted by molar-refractivity contribution is 0.145. The van der Waals surface area contributed by atoms with Crippen LogP contribution in [-0.2, 0) is 6.42 Å². The highest BCUT2D eigenvalue weighted by atomic mass is 19.3. The van der Waals surface area contributed by atoms with Gasteiger partial charge in [-0.15, -0.1) is 0 Å². The summed E-state index contributed by atoms with van der Waals surface area (Å²) in [6.07, 6.45) is -2.76. The molecule has 0 spiro atoms. The molecule has 0 saturated carbocycles. The first kappa shape index (κ1) is 11.2. The summed E-state index contributed by atoms with van der Waals surface area (Å²) in [6.45, 7) is 0. The minimum Gasteiger partial charge on any atom is -0.480 e. The average Bonchev–Trinajstić information content (AvgIpc) is 2.21. The van der Waals surface area contributed by atoms with Crippen LogP contribution in [0.25, 0.3) is 0 Å². The number of ether oxygens (including phenoxy) is 1. The van der Waals surface area contributed by atoms with Gasteiger partial charge in [0, 0.05) is 0 Å². The second kappa shape index (κ2) is 4.55. The number of pyridine rings is 1. The summed E-state index contributed by atoms with van der Waals surface area (Å²) in [6, 6.07) is 2.95. The van der Waals surface area contributed by atoms with Crippen LogP contribution in [0.15, 0.2) is 6.07 Å². The standard InChI is InChI=1S/C9H9F2N3O/c1-15-9-7(13)5(2-3-12)4-6(14-9)8(10)11/h4,8H,2,13H2,1H3. The Balaban J connectivity index is 3.26. The average molecular weight is 213 g/mol. The molecule has 0 atom stereocenters. The molecule has 1 rings (SSSR count). The Bertz CT molecular complexity index is 401.